The van der Waals surface area contributed by atoms with E-state index in [0.717, 1.165) is 24.2 Å². The second kappa shape index (κ2) is 6.32. The fourth-order valence-corrected chi connectivity index (χ4v) is 2.01. The number of nitrogens with zero attached hydrogens (tertiary/aromatic N) is 2. The molecule has 0 bridgehead atoms. The molecule has 0 saturated carbocycles. The van der Waals surface area contributed by atoms with Crippen LogP contribution in [0.1, 0.15) is 37.7 Å². The smallest absolute Gasteiger partial charge is 0.133 e. The van der Waals surface area contributed by atoms with Gasteiger partial charge in [0.05, 0.1) is 6.04 Å². The molecule has 0 spiro atoms. The lowest BCUT2D eigenvalue weighted by atomic mass is 10.1. The zero-order valence-corrected chi connectivity index (χ0v) is 11.7. The van der Waals surface area contributed by atoms with E-state index in [1.807, 2.05) is 13.0 Å². The first-order valence-electron chi connectivity index (χ1n) is 6.74. The highest BCUT2D eigenvalue weighted by Gasteiger charge is 2.09. The molecule has 2 aromatic rings. The summed E-state index contributed by atoms with van der Waals surface area (Å²) in [6.45, 7) is 4.02. The van der Waals surface area contributed by atoms with E-state index in [1.54, 1.807) is 12.1 Å². The zero-order valence-electron chi connectivity index (χ0n) is 11.7. The standard InChI is InChI=1S/C15H19FN4/c1-3-5-14-19-13(17)9-15(20-14)18-10(2)11-6-4-7-12(16)8-11/h4,6-10H,3,5H2,1-2H3,(H3,17,18,19,20). The Balaban J connectivity index is 2.16. The second-order valence-corrected chi connectivity index (χ2v) is 4.77. The van der Waals surface area contributed by atoms with Crippen LogP contribution in [0.5, 0.6) is 0 Å². The van der Waals surface area contributed by atoms with E-state index in [-0.39, 0.29) is 11.9 Å². The van der Waals surface area contributed by atoms with Gasteiger partial charge in [-0.15, -0.1) is 0 Å². The lowest BCUT2D eigenvalue weighted by molar-refractivity contribution is 0.623. The molecular formula is C15H19FN4. The van der Waals surface area contributed by atoms with E-state index < -0.39 is 0 Å². The second-order valence-electron chi connectivity index (χ2n) is 4.77. The van der Waals surface area contributed by atoms with Gasteiger partial charge in [-0.2, -0.15) is 0 Å². The largest absolute Gasteiger partial charge is 0.384 e. The number of hydrogen-bond donors (Lipinski definition) is 2. The summed E-state index contributed by atoms with van der Waals surface area (Å²) in [5.74, 6) is 1.58. The molecule has 0 aliphatic heterocycles. The van der Waals surface area contributed by atoms with Crippen LogP contribution in [0, 0.1) is 5.82 Å². The van der Waals surface area contributed by atoms with Gasteiger partial charge in [0.2, 0.25) is 0 Å². The molecule has 1 aromatic heterocycles. The summed E-state index contributed by atoms with van der Waals surface area (Å²) < 4.78 is 13.2. The van der Waals surface area contributed by atoms with Gasteiger partial charge in [-0.05, 0) is 31.0 Å². The monoisotopic (exact) mass is 274 g/mol. The van der Waals surface area contributed by atoms with Crippen LogP contribution >= 0.6 is 0 Å². The average molecular weight is 274 g/mol. The average Bonchev–Trinajstić information content (AvgIpc) is 2.38. The van der Waals surface area contributed by atoms with E-state index in [9.17, 15) is 4.39 Å². The molecule has 1 aromatic carbocycles. The van der Waals surface area contributed by atoms with Crippen molar-refractivity contribution in [1.29, 1.82) is 0 Å². The molecule has 0 amide bonds. The SMILES string of the molecule is CCCc1nc(N)cc(NC(C)c2cccc(F)c2)n1. The van der Waals surface area contributed by atoms with E-state index >= 15 is 0 Å². The Hall–Kier alpha value is -2.17. The van der Waals surface area contributed by atoms with E-state index in [4.69, 9.17) is 5.73 Å². The minimum atomic E-state index is -0.245. The highest BCUT2D eigenvalue weighted by Crippen LogP contribution is 2.19. The third kappa shape index (κ3) is 3.66. The summed E-state index contributed by atoms with van der Waals surface area (Å²) >= 11 is 0. The lowest BCUT2D eigenvalue weighted by Crippen LogP contribution is -2.10. The number of nitrogens with two attached hydrogens (primary N) is 1. The summed E-state index contributed by atoms with van der Waals surface area (Å²) in [7, 11) is 0. The Morgan fingerprint density at radius 1 is 1.30 bits per heavy atom. The number of aromatic nitrogens is 2. The van der Waals surface area contributed by atoms with Crippen molar-refractivity contribution in [3.8, 4) is 0 Å². The van der Waals surface area contributed by atoms with Crippen molar-refractivity contribution in [3.05, 3.63) is 47.5 Å². The topological polar surface area (TPSA) is 63.8 Å². The number of nitrogens with one attached hydrogen (secondary N) is 1. The first kappa shape index (κ1) is 14.2. The Labute approximate surface area is 118 Å². The Morgan fingerprint density at radius 3 is 2.80 bits per heavy atom. The molecule has 5 heteroatoms. The molecule has 106 valence electrons. The molecule has 0 aliphatic carbocycles. The fraction of sp³-hybridized carbons (Fsp3) is 0.333. The van der Waals surface area contributed by atoms with Gasteiger partial charge in [-0.3, -0.25) is 0 Å². The van der Waals surface area contributed by atoms with Crippen molar-refractivity contribution in [1.82, 2.24) is 9.97 Å². The van der Waals surface area contributed by atoms with Crippen molar-refractivity contribution in [2.75, 3.05) is 11.1 Å². The van der Waals surface area contributed by atoms with Gasteiger partial charge in [-0.25, -0.2) is 14.4 Å². The van der Waals surface area contributed by atoms with Gasteiger partial charge in [0.15, 0.2) is 0 Å². The maximum absolute atomic E-state index is 13.2. The summed E-state index contributed by atoms with van der Waals surface area (Å²) in [6, 6.07) is 8.13. The molecule has 2 rings (SSSR count). The number of halogens is 1. The number of nitrogen functional groups attached to an aromatic ring is 1. The minimum absolute atomic E-state index is 0.0607. The predicted octanol–water partition coefficient (Wildman–Crippen LogP) is 3.32. The Morgan fingerprint density at radius 2 is 2.10 bits per heavy atom. The highest BCUT2D eigenvalue weighted by atomic mass is 19.1. The van der Waals surface area contributed by atoms with E-state index in [1.165, 1.54) is 12.1 Å². The normalized spacial score (nSPS) is 12.2. The lowest BCUT2D eigenvalue weighted by Gasteiger charge is -2.16. The van der Waals surface area contributed by atoms with Crippen molar-refractivity contribution in [2.24, 2.45) is 0 Å². The van der Waals surface area contributed by atoms with Crippen molar-refractivity contribution in [2.45, 2.75) is 32.7 Å². The molecule has 0 saturated heterocycles. The minimum Gasteiger partial charge on any atom is -0.384 e. The summed E-state index contributed by atoms with van der Waals surface area (Å²) in [5.41, 5.74) is 6.64. The van der Waals surface area contributed by atoms with Gasteiger partial charge >= 0.3 is 0 Å². The predicted molar refractivity (Wildman–Crippen MR) is 78.9 cm³/mol. The number of hydrogen-bond acceptors (Lipinski definition) is 4. The van der Waals surface area contributed by atoms with Gasteiger partial charge in [0.25, 0.3) is 0 Å². The Kier molecular flexibility index (Phi) is 4.50. The maximum Gasteiger partial charge on any atom is 0.133 e. The van der Waals surface area contributed by atoms with Gasteiger partial charge < -0.3 is 11.1 Å². The molecule has 0 radical (unpaired) electrons. The zero-order chi connectivity index (χ0) is 14.5. The molecule has 0 aliphatic rings. The van der Waals surface area contributed by atoms with Crippen LogP contribution in [-0.2, 0) is 6.42 Å². The number of rotatable bonds is 5. The summed E-state index contributed by atoms with van der Waals surface area (Å²) in [6.07, 6.45) is 1.75. The maximum atomic E-state index is 13.2. The van der Waals surface area contributed by atoms with Gasteiger partial charge in [0, 0.05) is 12.5 Å². The third-order valence-corrected chi connectivity index (χ3v) is 2.98. The van der Waals surface area contributed by atoms with Crippen LogP contribution in [-0.4, -0.2) is 9.97 Å². The number of aryl methyl sites for hydroxylation is 1. The van der Waals surface area contributed by atoms with Crippen LogP contribution < -0.4 is 11.1 Å². The summed E-state index contributed by atoms with van der Waals surface area (Å²) in [4.78, 5) is 8.60. The first-order valence-corrected chi connectivity index (χ1v) is 6.74. The van der Waals surface area contributed by atoms with Gasteiger partial charge in [-0.1, -0.05) is 19.1 Å². The molecule has 1 unspecified atom stereocenters. The van der Waals surface area contributed by atoms with Crippen LogP contribution in [0.3, 0.4) is 0 Å². The van der Waals surface area contributed by atoms with Crippen molar-refractivity contribution in [3.63, 3.8) is 0 Å². The quantitative estimate of drug-likeness (QED) is 0.878. The van der Waals surface area contributed by atoms with Crippen LogP contribution in [0.4, 0.5) is 16.0 Å². The molecule has 1 heterocycles. The number of benzene rings is 1. The van der Waals surface area contributed by atoms with E-state index in [0.29, 0.717) is 11.6 Å². The van der Waals surface area contributed by atoms with Crippen molar-refractivity contribution < 1.29 is 4.39 Å². The molecule has 1 atom stereocenters. The molecule has 0 fully saturated rings. The molecule has 20 heavy (non-hydrogen) atoms. The van der Waals surface area contributed by atoms with Crippen LogP contribution in [0.15, 0.2) is 30.3 Å². The number of anilines is 2. The Bertz CT molecular complexity index is 586. The summed E-state index contributed by atoms with van der Waals surface area (Å²) in [5, 5.41) is 3.23. The molecule has 3 N–H and O–H groups in total. The fourth-order valence-electron chi connectivity index (χ4n) is 2.01. The highest BCUT2D eigenvalue weighted by molar-refractivity contribution is 5.46. The first-order chi connectivity index (χ1) is 9.58. The van der Waals surface area contributed by atoms with Gasteiger partial charge in [0.1, 0.15) is 23.3 Å². The van der Waals surface area contributed by atoms with Crippen LogP contribution in [0.2, 0.25) is 0 Å². The molecular weight excluding hydrogens is 255 g/mol. The van der Waals surface area contributed by atoms with E-state index in [2.05, 4.69) is 22.2 Å². The van der Waals surface area contributed by atoms with Crippen LogP contribution in [0.25, 0.3) is 0 Å². The van der Waals surface area contributed by atoms with Crippen molar-refractivity contribution >= 4 is 11.6 Å². The third-order valence-electron chi connectivity index (χ3n) is 2.98. The molecule has 4 nitrogen and oxygen atoms in total.